The van der Waals surface area contributed by atoms with Crippen molar-refractivity contribution in [1.82, 2.24) is 5.32 Å². The number of hydrogen-bond donors (Lipinski definition) is 2. The quantitative estimate of drug-likeness (QED) is 0.829. The van der Waals surface area contributed by atoms with Crippen LogP contribution in [0, 0.1) is 5.92 Å². The fourth-order valence-electron chi connectivity index (χ4n) is 3.22. The Labute approximate surface area is 101 Å². The van der Waals surface area contributed by atoms with Gasteiger partial charge in [-0.25, -0.2) is 0 Å². The van der Waals surface area contributed by atoms with Crippen LogP contribution in [-0.2, 0) is 0 Å². The van der Waals surface area contributed by atoms with Crippen molar-refractivity contribution in [2.45, 2.75) is 37.5 Å². The maximum absolute atomic E-state index is 10.3. The molecule has 1 aromatic rings. The van der Waals surface area contributed by atoms with Gasteiger partial charge in [0, 0.05) is 16.6 Å². The fourth-order valence-corrected chi connectivity index (χ4v) is 3.42. The van der Waals surface area contributed by atoms with E-state index in [0.717, 1.165) is 5.56 Å². The van der Waals surface area contributed by atoms with E-state index in [1.54, 1.807) is 0 Å². The molecule has 1 aromatic carbocycles. The number of nitrogens with one attached hydrogen (secondary N) is 1. The molecule has 16 heavy (non-hydrogen) atoms. The van der Waals surface area contributed by atoms with E-state index >= 15 is 0 Å². The molecule has 86 valence electrons. The zero-order chi connectivity index (χ0) is 11.3. The summed E-state index contributed by atoms with van der Waals surface area (Å²) in [6, 6.07) is 7.72. The Morgan fingerprint density at radius 3 is 2.81 bits per heavy atom. The number of benzene rings is 1. The minimum atomic E-state index is -0.437. The van der Waals surface area contributed by atoms with E-state index < -0.39 is 6.10 Å². The van der Waals surface area contributed by atoms with Gasteiger partial charge in [0.2, 0.25) is 0 Å². The van der Waals surface area contributed by atoms with Crippen molar-refractivity contribution in [3.8, 4) is 0 Å². The first kappa shape index (κ1) is 10.6. The third-order valence-electron chi connectivity index (χ3n) is 3.98. The molecule has 3 heteroatoms. The van der Waals surface area contributed by atoms with Crippen LogP contribution in [0.25, 0.3) is 0 Å². The monoisotopic (exact) mass is 237 g/mol. The lowest BCUT2D eigenvalue weighted by molar-refractivity contribution is 0.121. The van der Waals surface area contributed by atoms with Gasteiger partial charge in [0.1, 0.15) is 0 Å². The summed E-state index contributed by atoms with van der Waals surface area (Å²) in [5, 5.41) is 14.6. The lowest BCUT2D eigenvalue weighted by atomic mass is 9.72. The maximum atomic E-state index is 10.3. The van der Waals surface area contributed by atoms with Gasteiger partial charge in [-0.1, -0.05) is 23.7 Å². The topological polar surface area (TPSA) is 32.3 Å². The van der Waals surface area contributed by atoms with Gasteiger partial charge in [-0.3, -0.25) is 0 Å². The molecule has 1 aliphatic carbocycles. The molecule has 2 saturated heterocycles. The Balaban J connectivity index is 1.81. The molecule has 3 aliphatic rings. The van der Waals surface area contributed by atoms with Crippen LogP contribution < -0.4 is 5.32 Å². The second-order valence-electron chi connectivity index (χ2n) is 5.40. The van der Waals surface area contributed by atoms with E-state index in [0.29, 0.717) is 10.9 Å². The predicted molar refractivity (Wildman–Crippen MR) is 64.5 cm³/mol. The SMILES string of the molecule is CC12CC(C1)C([C@@H](O)c1cccc(Cl)c1)N2. The molecule has 1 unspecified atom stereocenters. The normalized spacial score (nSPS) is 38.2. The Kier molecular flexibility index (Phi) is 2.29. The molecule has 2 atom stereocenters. The Hall–Kier alpha value is -0.570. The van der Waals surface area contributed by atoms with Crippen LogP contribution in [0.15, 0.2) is 24.3 Å². The molecular formula is C13H16ClNO. The van der Waals surface area contributed by atoms with Crippen molar-refractivity contribution in [2.24, 2.45) is 5.92 Å². The number of rotatable bonds is 2. The summed E-state index contributed by atoms with van der Waals surface area (Å²) in [6.45, 7) is 2.23. The molecule has 2 nitrogen and oxygen atoms in total. The minimum absolute atomic E-state index is 0.198. The van der Waals surface area contributed by atoms with E-state index in [9.17, 15) is 5.11 Å². The Morgan fingerprint density at radius 1 is 1.50 bits per heavy atom. The van der Waals surface area contributed by atoms with Gasteiger partial charge in [0.25, 0.3) is 0 Å². The molecule has 4 rings (SSSR count). The smallest absolute Gasteiger partial charge is 0.0946 e. The summed E-state index contributed by atoms with van der Waals surface area (Å²) >= 11 is 5.94. The average Bonchev–Trinajstić information content (AvgIpc) is 2.70. The predicted octanol–water partition coefficient (Wildman–Crippen LogP) is 2.51. The van der Waals surface area contributed by atoms with Crippen LogP contribution in [-0.4, -0.2) is 16.7 Å². The van der Waals surface area contributed by atoms with Gasteiger partial charge >= 0.3 is 0 Å². The van der Waals surface area contributed by atoms with Gasteiger partial charge in [-0.15, -0.1) is 0 Å². The molecule has 2 bridgehead atoms. The second kappa shape index (κ2) is 3.46. The summed E-state index contributed by atoms with van der Waals surface area (Å²) in [4.78, 5) is 0. The third kappa shape index (κ3) is 1.56. The van der Waals surface area contributed by atoms with Gasteiger partial charge in [-0.2, -0.15) is 0 Å². The molecule has 2 N–H and O–H groups in total. The van der Waals surface area contributed by atoms with E-state index in [1.807, 2.05) is 24.3 Å². The highest BCUT2D eigenvalue weighted by molar-refractivity contribution is 6.30. The fraction of sp³-hybridized carbons (Fsp3) is 0.538. The van der Waals surface area contributed by atoms with Crippen LogP contribution >= 0.6 is 11.6 Å². The molecule has 0 spiro atoms. The molecule has 0 aromatic heterocycles. The lowest BCUT2D eigenvalue weighted by Gasteiger charge is -2.33. The molecule has 1 saturated carbocycles. The zero-order valence-corrected chi connectivity index (χ0v) is 10.0. The van der Waals surface area contributed by atoms with Crippen molar-refractivity contribution in [2.75, 3.05) is 0 Å². The van der Waals surface area contributed by atoms with E-state index in [-0.39, 0.29) is 11.6 Å². The van der Waals surface area contributed by atoms with Crippen LogP contribution in [0.5, 0.6) is 0 Å². The molecule has 3 fully saturated rings. The maximum Gasteiger partial charge on any atom is 0.0946 e. The van der Waals surface area contributed by atoms with Crippen LogP contribution in [0.2, 0.25) is 5.02 Å². The summed E-state index contributed by atoms with van der Waals surface area (Å²) in [5.41, 5.74) is 1.19. The second-order valence-corrected chi connectivity index (χ2v) is 5.84. The summed E-state index contributed by atoms with van der Waals surface area (Å²) in [7, 11) is 0. The van der Waals surface area contributed by atoms with E-state index in [2.05, 4.69) is 12.2 Å². The highest BCUT2D eigenvalue weighted by Gasteiger charge is 2.54. The van der Waals surface area contributed by atoms with Crippen molar-refractivity contribution < 1.29 is 5.11 Å². The van der Waals surface area contributed by atoms with E-state index in [1.165, 1.54) is 12.8 Å². The molecule has 0 amide bonds. The molecule has 2 heterocycles. The minimum Gasteiger partial charge on any atom is -0.387 e. The summed E-state index contributed by atoms with van der Waals surface area (Å²) < 4.78 is 0. The first-order valence-electron chi connectivity index (χ1n) is 5.79. The van der Waals surface area contributed by atoms with Crippen molar-refractivity contribution >= 4 is 11.6 Å². The third-order valence-corrected chi connectivity index (χ3v) is 4.21. The van der Waals surface area contributed by atoms with Gasteiger partial charge in [-0.05, 0) is 43.4 Å². The largest absolute Gasteiger partial charge is 0.387 e. The molecule has 2 aliphatic heterocycles. The standard InChI is InChI=1S/C13H16ClNO/c1-13-6-9(7-13)11(15-13)12(16)8-3-2-4-10(14)5-8/h2-5,9,11-12,15-16H,6-7H2,1H3/t9?,11?,12-,13?/m0/s1. The number of hydrogen-bond acceptors (Lipinski definition) is 2. The first-order chi connectivity index (χ1) is 7.57. The van der Waals surface area contributed by atoms with Gasteiger partial charge < -0.3 is 10.4 Å². The highest BCUT2D eigenvalue weighted by atomic mass is 35.5. The van der Waals surface area contributed by atoms with Crippen molar-refractivity contribution in [3.05, 3.63) is 34.9 Å². The number of halogens is 1. The summed E-state index contributed by atoms with van der Waals surface area (Å²) in [5.74, 6) is 0.624. The van der Waals surface area contributed by atoms with Crippen LogP contribution in [0.4, 0.5) is 0 Å². The zero-order valence-electron chi connectivity index (χ0n) is 9.28. The van der Waals surface area contributed by atoms with E-state index in [4.69, 9.17) is 11.6 Å². The Bertz CT molecular complexity index is 414. The summed E-state index contributed by atoms with van der Waals surface area (Å²) in [6.07, 6.45) is 1.94. The number of aliphatic hydroxyl groups is 1. The van der Waals surface area contributed by atoms with Gasteiger partial charge in [0.05, 0.1) is 6.10 Å². The molecule has 0 radical (unpaired) electrons. The molecular weight excluding hydrogens is 222 g/mol. The van der Waals surface area contributed by atoms with Crippen molar-refractivity contribution in [1.29, 1.82) is 0 Å². The lowest BCUT2D eigenvalue weighted by Crippen LogP contribution is -2.40. The Morgan fingerprint density at radius 2 is 2.25 bits per heavy atom. The van der Waals surface area contributed by atoms with Crippen LogP contribution in [0.1, 0.15) is 31.4 Å². The number of aliphatic hydroxyl groups excluding tert-OH is 1. The van der Waals surface area contributed by atoms with Crippen molar-refractivity contribution in [3.63, 3.8) is 0 Å². The highest BCUT2D eigenvalue weighted by Crippen LogP contribution is 2.50. The van der Waals surface area contributed by atoms with Gasteiger partial charge in [0.15, 0.2) is 0 Å². The first-order valence-corrected chi connectivity index (χ1v) is 6.16. The van der Waals surface area contributed by atoms with Crippen LogP contribution in [0.3, 0.4) is 0 Å². The average molecular weight is 238 g/mol. The number of fused-ring (bicyclic) bond motifs is 1.